The van der Waals surface area contributed by atoms with E-state index < -0.39 is 12.0 Å². The number of thiazole rings is 1. The van der Waals surface area contributed by atoms with Gasteiger partial charge < -0.3 is 14.6 Å². The van der Waals surface area contributed by atoms with Gasteiger partial charge in [0, 0.05) is 10.0 Å². The van der Waals surface area contributed by atoms with E-state index in [1.54, 1.807) is 38.1 Å². The Morgan fingerprint density at radius 2 is 1.97 bits per heavy atom. The minimum atomic E-state index is -0.711. The molecule has 0 fully saturated rings. The highest BCUT2D eigenvalue weighted by Gasteiger charge is 2.33. The second-order valence-corrected chi connectivity index (χ2v) is 10.2. The highest BCUT2D eigenvalue weighted by Crippen LogP contribution is 2.32. The molecule has 0 aliphatic carbocycles. The Labute approximate surface area is 214 Å². The molecule has 0 spiro atoms. The van der Waals surface area contributed by atoms with Crippen LogP contribution in [0.25, 0.3) is 6.08 Å². The number of ether oxygens (including phenoxy) is 2. The van der Waals surface area contributed by atoms with Crippen LogP contribution in [0.1, 0.15) is 44.9 Å². The van der Waals surface area contributed by atoms with Gasteiger partial charge in [-0.15, -0.1) is 0 Å². The molecule has 0 bridgehead atoms. The summed E-state index contributed by atoms with van der Waals surface area (Å²) in [6.07, 6.45) is 1.65. The molecule has 2 aromatic carbocycles. The Hall–Kier alpha value is -3.17. The van der Waals surface area contributed by atoms with Gasteiger partial charge >= 0.3 is 5.97 Å². The lowest BCUT2D eigenvalue weighted by Crippen LogP contribution is -2.39. The molecule has 2 heterocycles. The van der Waals surface area contributed by atoms with Crippen LogP contribution in [0.4, 0.5) is 0 Å². The van der Waals surface area contributed by atoms with Crippen molar-refractivity contribution in [1.29, 1.82) is 0 Å². The Morgan fingerprint density at radius 3 is 2.63 bits per heavy atom. The molecule has 1 aliphatic heterocycles. The first-order chi connectivity index (χ1) is 16.7. The van der Waals surface area contributed by atoms with E-state index in [1.807, 2.05) is 38.1 Å². The van der Waals surface area contributed by atoms with E-state index in [4.69, 9.17) is 9.47 Å². The van der Waals surface area contributed by atoms with Crippen LogP contribution in [0.2, 0.25) is 0 Å². The number of aromatic nitrogens is 1. The van der Waals surface area contributed by atoms with E-state index in [2.05, 4.69) is 20.9 Å². The van der Waals surface area contributed by atoms with Crippen molar-refractivity contribution in [2.24, 2.45) is 4.99 Å². The molecule has 7 nitrogen and oxygen atoms in total. The number of nitrogens with zero attached hydrogens (tertiary/aromatic N) is 2. The van der Waals surface area contributed by atoms with Crippen LogP contribution in [-0.2, 0) is 9.53 Å². The highest BCUT2D eigenvalue weighted by molar-refractivity contribution is 9.10. The topological polar surface area (TPSA) is 90.1 Å². The molecule has 1 aromatic heterocycles. The molecular formula is C26H25BrN2O5S. The lowest BCUT2D eigenvalue weighted by Gasteiger charge is -2.25. The van der Waals surface area contributed by atoms with Gasteiger partial charge in [0.05, 0.1) is 34.6 Å². The minimum absolute atomic E-state index is 0.0187. The number of carbonyl (C=O) groups excluding carboxylic acids is 1. The molecule has 4 rings (SSSR count). The summed E-state index contributed by atoms with van der Waals surface area (Å²) in [7, 11) is 0. The second-order valence-electron chi connectivity index (χ2n) is 8.24. The number of carbonyl (C=O) groups is 1. The van der Waals surface area contributed by atoms with Crippen LogP contribution in [-0.4, -0.2) is 28.4 Å². The maximum Gasteiger partial charge on any atom is 0.338 e. The van der Waals surface area contributed by atoms with Gasteiger partial charge in [-0.2, -0.15) is 0 Å². The number of phenolic OH excluding ortho intramolecular Hbond substituents is 1. The Bertz CT molecular complexity index is 1490. The quantitative estimate of drug-likeness (QED) is 0.462. The van der Waals surface area contributed by atoms with Crippen LogP contribution in [0, 0.1) is 0 Å². The summed E-state index contributed by atoms with van der Waals surface area (Å²) in [5.74, 6) is 0.236. The van der Waals surface area contributed by atoms with Crippen LogP contribution >= 0.6 is 27.3 Å². The van der Waals surface area contributed by atoms with Crippen molar-refractivity contribution in [1.82, 2.24) is 4.57 Å². The van der Waals surface area contributed by atoms with E-state index in [0.29, 0.717) is 31.9 Å². The average Bonchev–Trinajstić information content (AvgIpc) is 3.10. The number of aromatic hydroxyl groups is 1. The first-order valence-corrected chi connectivity index (χ1v) is 12.7. The van der Waals surface area contributed by atoms with E-state index in [1.165, 1.54) is 15.9 Å². The zero-order valence-corrected chi connectivity index (χ0v) is 22.1. The lowest BCUT2D eigenvalue weighted by molar-refractivity contribution is -0.139. The van der Waals surface area contributed by atoms with Gasteiger partial charge in [-0.25, -0.2) is 9.79 Å². The third-order valence-corrected chi connectivity index (χ3v) is 6.84. The fourth-order valence-electron chi connectivity index (χ4n) is 3.89. The number of rotatable bonds is 6. The molecule has 0 saturated carbocycles. The van der Waals surface area contributed by atoms with Crippen LogP contribution in [0.3, 0.4) is 0 Å². The maximum absolute atomic E-state index is 13.6. The smallest absolute Gasteiger partial charge is 0.338 e. The minimum Gasteiger partial charge on any atom is -0.507 e. The summed E-state index contributed by atoms with van der Waals surface area (Å²) in [6.45, 7) is 7.57. The fourth-order valence-corrected chi connectivity index (χ4v) is 5.31. The Balaban J connectivity index is 1.92. The SMILES string of the molecule is CCOC(=O)C1=C(C)N=c2s/c(=C\c3cc(Br)ccc3O)c(=O)n2[C@H]1c1ccc(OC(C)C)cc1. The number of benzene rings is 2. The predicted octanol–water partition coefficient (Wildman–Crippen LogP) is 4.05. The first kappa shape index (κ1) is 24.9. The van der Waals surface area contributed by atoms with Gasteiger partial charge in [0.25, 0.3) is 5.56 Å². The summed E-state index contributed by atoms with van der Waals surface area (Å²) in [4.78, 5) is 31.7. The molecule has 35 heavy (non-hydrogen) atoms. The molecule has 3 aromatic rings. The van der Waals surface area contributed by atoms with Crippen LogP contribution < -0.4 is 19.6 Å². The standard InChI is InChI=1S/C26H25BrN2O5S/c1-5-33-25(32)22-15(4)28-26-29(23(22)16-6-9-19(10-7-16)34-14(2)3)24(31)21(35-26)13-17-12-18(27)8-11-20(17)30/h6-14,23,30H,5H2,1-4H3/b21-13-/t23-/m0/s1. The molecular weight excluding hydrogens is 532 g/mol. The summed E-state index contributed by atoms with van der Waals surface area (Å²) < 4.78 is 13.8. The van der Waals surface area contributed by atoms with Gasteiger partial charge in [-0.1, -0.05) is 39.4 Å². The number of hydrogen-bond donors (Lipinski definition) is 1. The summed E-state index contributed by atoms with van der Waals surface area (Å²) in [6, 6.07) is 11.6. The molecule has 1 N–H and O–H groups in total. The first-order valence-electron chi connectivity index (χ1n) is 11.1. The third kappa shape index (κ3) is 5.11. The molecule has 0 saturated heterocycles. The molecule has 0 radical (unpaired) electrons. The number of allylic oxidation sites excluding steroid dienone is 1. The number of phenols is 1. The van der Waals surface area contributed by atoms with Crippen LogP contribution in [0.5, 0.6) is 11.5 Å². The van der Waals surface area contributed by atoms with Crippen molar-refractivity contribution < 1.29 is 19.4 Å². The Kier molecular flexibility index (Phi) is 7.28. The zero-order chi connectivity index (χ0) is 25.3. The molecule has 182 valence electrons. The zero-order valence-electron chi connectivity index (χ0n) is 19.7. The van der Waals surface area contributed by atoms with Crippen molar-refractivity contribution in [2.75, 3.05) is 6.61 Å². The Morgan fingerprint density at radius 1 is 1.26 bits per heavy atom. The molecule has 1 atom stereocenters. The highest BCUT2D eigenvalue weighted by atomic mass is 79.9. The van der Waals surface area contributed by atoms with Gasteiger partial charge in [0.2, 0.25) is 0 Å². The summed E-state index contributed by atoms with van der Waals surface area (Å²) in [5.41, 5.74) is 1.73. The maximum atomic E-state index is 13.6. The van der Waals surface area contributed by atoms with E-state index in [9.17, 15) is 14.7 Å². The molecule has 0 amide bonds. The van der Waals surface area contributed by atoms with E-state index in [0.717, 1.165) is 10.0 Å². The molecule has 9 heteroatoms. The van der Waals surface area contributed by atoms with Crippen molar-refractivity contribution in [3.63, 3.8) is 0 Å². The normalized spacial score (nSPS) is 15.7. The van der Waals surface area contributed by atoms with Crippen molar-refractivity contribution in [3.8, 4) is 11.5 Å². The largest absolute Gasteiger partial charge is 0.507 e. The van der Waals surface area contributed by atoms with Crippen molar-refractivity contribution >= 4 is 39.3 Å². The van der Waals surface area contributed by atoms with Gasteiger partial charge in [-0.3, -0.25) is 9.36 Å². The number of halogens is 1. The van der Waals surface area contributed by atoms with Gasteiger partial charge in [-0.05, 0) is 69.7 Å². The van der Waals surface area contributed by atoms with Gasteiger partial charge in [0.15, 0.2) is 4.80 Å². The van der Waals surface area contributed by atoms with Crippen LogP contribution in [0.15, 0.2) is 68.0 Å². The lowest BCUT2D eigenvalue weighted by atomic mass is 9.96. The van der Waals surface area contributed by atoms with Crippen molar-refractivity contribution in [3.05, 3.63) is 89.0 Å². The van der Waals surface area contributed by atoms with Gasteiger partial charge in [0.1, 0.15) is 11.5 Å². The predicted molar refractivity (Wildman–Crippen MR) is 138 cm³/mol. The fraction of sp³-hybridized carbons (Fsp3) is 0.269. The van der Waals surface area contributed by atoms with E-state index >= 15 is 0 Å². The number of hydrogen-bond acceptors (Lipinski definition) is 7. The summed E-state index contributed by atoms with van der Waals surface area (Å²) in [5, 5.41) is 10.3. The number of esters is 1. The monoisotopic (exact) mass is 556 g/mol. The van der Waals surface area contributed by atoms with Crippen molar-refractivity contribution in [2.45, 2.75) is 39.8 Å². The average molecular weight is 557 g/mol. The van der Waals surface area contributed by atoms with E-state index in [-0.39, 0.29) is 24.0 Å². The third-order valence-electron chi connectivity index (χ3n) is 5.36. The summed E-state index contributed by atoms with van der Waals surface area (Å²) >= 11 is 4.60. The number of fused-ring (bicyclic) bond motifs is 1. The second kappa shape index (κ2) is 10.2. The molecule has 1 aliphatic rings. The molecule has 0 unspecified atom stereocenters.